The van der Waals surface area contributed by atoms with Crippen molar-refractivity contribution >= 4 is 6.47 Å². The van der Waals surface area contributed by atoms with Crippen LogP contribution in [0.5, 0.6) is 0 Å². The van der Waals surface area contributed by atoms with E-state index in [4.69, 9.17) is 30.0 Å². The molecular weight excluding hydrogens is 240 g/mol. The average molecular weight is 268 g/mol. The van der Waals surface area contributed by atoms with Crippen LogP contribution in [-0.2, 0) is 9.53 Å². The summed E-state index contributed by atoms with van der Waals surface area (Å²) in [5.41, 5.74) is 0.500. The molecule has 0 aromatic rings. The molecule has 18 heavy (non-hydrogen) atoms. The zero-order chi connectivity index (χ0) is 15.2. The highest BCUT2D eigenvalue weighted by molar-refractivity contribution is 5.32. The van der Waals surface area contributed by atoms with Crippen LogP contribution in [0.2, 0.25) is 0 Å². The van der Waals surface area contributed by atoms with Crippen LogP contribution in [-0.4, -0.2) is 59.4 Å². The highest BCUT2D eigenvalue weighted by Gasteiger charge is 2.17. The van der Waals surface area contributed by atoms with Crippen molar-refractivity contribution < 1.29 is 30.0 Å². The van der Waals surface area contributed by atoms with E-state index >= 15 is 0 Å². The molecule has 6 nitrogen and oxygen atoms in total. The maximum atomic E-state index is 8.79. The SMILES string of the molecule is CC(C)(C)C.CO.O=CO.OC1COCC(O)C1. The smallest absolute Gasteiger partial charge is 0.290 e. The second kappa shape index (κ2) is 14.4. The van der Waals surface area contributed by atoms with Gasteiger partial charge in [0.15, 0.2) is 0 Å². The third kappa shape index (κ3) is 36.2. The average Bonchev–Trinajstić information content (AvgIpc) is 2.18. The van der Waals surface area contributed by atoms with E-state index in [9.17, 15) is 0 Å². The zero-order valence-electron chi connectivity index (χ0n) is 12.0. The molecule has 0 bridgehead atoms. The first kappa shape index (κ1) is 22.5. The maximum Gasteiger partial charge on any atom is 0.290 e. The van der Waals surface area contributed by atoms with Crippen molar-refractivity contribution in [1.82, 2.24) is 0 Å². The van der Waals surface area contributed by atoms with Crippen molar-refractivity contribution in [2.24, 2.45) is 5.41 Å². The van der Waals surface area contributed by atoms with Gasteiger partial charge in [-0.05, 0) is 5.41 Å². The van der Waals surface area contributed by atoms with Gasteiger partial charge < -0.3 is 25.2 Å². The molecule has 2 atom stereocenters. The summed E-state index contributed by atoms with van der Waals surface area (Å²) in [5, 5.41) is 31.5. The van der Waals surface area contributed by atoms with Crippen molar-refractivity contribution in [3.8, 4) is 0 Å². The lowest BCUT2D eigenvalue weighted by Gasteiger charge is -2.21. The summed E-state index contributed by atoms with van der Waals surface area (Å²) >= 11 is 0. The third-order valence-electron chi connectivity index (χ3n) is 1.16. The molecule has 112 valence electrons. The van der Waals surface area contributed by atoms with Gasteiger partial charge in [0, 0.05) is 13.5 Å². The molecule has 4 N–H and O–H groups in total. The molecule has 6 heteroatoms. The van der Waals surface area contributed by atoms with Crippen molar-refractivity contribution in [1.29, 1.82) is 0 Å². The van der Waals surface area contributed by atoms with Crippen LogP contribution in [0.1, 0.15) is 34.1 Å². The Morgan fingerprint density at radius 2 is 1.28 bits per heavy atom. The fourth-order valence-electron chi connectivity index (χ4n) is 0.790. The number of rotatable bonds is 0. The predicted molar refractivity (Wildman–Crippen MR) is 69.4 cm³/mol. The third-order valence-corrected chi connectivity index (χ3v) is 1.16. The molecule has 1 saturated heterocycles. The Kier molecular flexibility index (Phi) is 18.0. The van der Waals surface area contributed by atoms with E-state index in [-0.39, 0.29) is 6.47 Å². The second-order valence-electron chi connectivity index (χ2n) is 5.19. The van der Waals surface area contributed by atoms with E-state index < -0.39 is 12.2 Å². The molecule has 1 aliphatic heterocycles. The molecule has 1 rings (SSSR count). The molecule has 0 aromatic heterocycles. The van der Waals surface area contributed by atoms with E-state index in [1.54, 1.807) is 0 Å². The van der Waals surface area contributed by atoms with Crippen molar-refractivity contribution in [2.45, 2.75) is 46.3 Å². The number of carbonyl (C=O) groups is 1. The normalized spacial score (nSPS) is 22.0. The minimum Gasteiger partial charge on any atom is -0.483 e. The van der Waals surface area contributed by atoms with Crippen molar-refractivity contribution in [3.05, 3.63) is 0 Å². The summed E-state index contributed by atoms with van der Waals surface area (Å²) in [4.78, 5) is 8.36. The molecular formula is C12H28O6. The van der Waals surface area contributed by atoms with Crippen molar-refractivity contribution in [3.63, 3.8) is 0 Å². The molecule has 1 aliphatic rings. The van der Waals surface area contributed by atoms with E-state index in [0.29, 0.717) is 25.0 Å². The fraction of sp³-hybridized carbons (Fsp3) is 0.917. The van der Waals surface area contributed by atoms with Crippen molar-refractivity contribution in [2.75, 3.05) is 20.3 Å². The molecule has 0 aliphatic carbocycles. The molecule has 0 spiro atoms. The Morgan fingerprint density at radius 1 is 1.06 bits per heavy atom. The number of hydrogen-bond donors (Lipinski definition) is 4. The van der Waals surface area contributed by atoms with Gasteiger partial charge >= 0.3 is 0 Å². The number of aliphatic hydroxyl groups excluding tert-OH is 3. The summed E-state index contributed by atoms with van der Waals surface area (Å²) in [7, 11) is 1.00. The Hall–Kier alpha value is -0.690. The van der Waals surface area contributed by atoms with Gasteiger partial charge in [-0.3, -0.25) is 4.79 Å². The topological polar surface area (TPSA) is 107 Å². The largest absolute Gasteiger partial charge is 0.483 e. The Balaban J connectivity index is -0.000000196. The molecule has 1 fully saturated rings. The quantitative estimate of drug-likeness (QED) is 0.476. The van der Waals surface area contributed by atoms with Crippen LogP contribution >= 0.6 is 0 Å². The summed E-state index contributed by atoms with van der Waals surface area (Å²) < 4.78 is 4.79. The summed E-state index contributed by atoms with van der Waals surface area (Å²) in [6.45, 7) is 9.24. The summed E-state index contributed by atoms with van der Waals surface area (Å²) in [6, 6.07) is 0. The maximum absolute atomic E-state index is 8.79. The first-order valence-electron chi connectivity index (χ1n) is 5.67. The lowest BCUT2D eigenvalue weighted by molar-refractivity contribution is -0.122. The van der Waals surface area contributed by atoms with Gasteiger partial charge in [0.1, 0.15) is 0 Å². The van der Waals surface area contributed by atoms with Gasteiger partial charge in [0.05, 0.1) is 25.4 Å². The molecule has 0 aromatic carbocycles. The van der Waals surface area contributed by atoms with E-state index in [1.807, 2.05) is 0 Å². The Morgan fingerprint density at radius 3 is 1.39 bits per heavy atom. The van der Waals surface area contributed by atoms with Crippen LogP contribution in [0.4, 0.5) is 0 Å². The van der Waals surface area contributed by atoms with Gasteiger partial charge in [0.2, 0.25) is 0 Å². The minimum absolute atomic E-state index is 0.250. The lowest BCUT2D eigenvalue weighted by atomic mass is 10.0. The molecule has 0 saturated carbocycles. The number of carboxylic acid groups (broad SMARTS) is 1. The highest BCUT2D eigenvalue weighted by atomic mass is 16.5. The number of ether oxygens (including phenoxy) is 1. The van der Waals surface area contributed by atoms with Crippen LogP contribution in [0.3, 0.4) is 0 Å². The first-order valence-corrected chi connectivity index (χ1v) is 5.67. The summed E-state index contributed by atoms with van der Waals surface area (Å²) in [5.74, 6) is 0. The molecule has 0 amide bonds. The predicted octanol–water partition coefficient (Wildman–Crippen LogP) is 0.490. The van der Waals surface area contributed by atoms with Gasteiger partial charge in [-0.1, -0.05) is 27.7 Å². The van der Waals surface area contributed by atoms with Gasteiger partial charge in [-0.15, -0.1) is 0 Å². The van der Waals surface area contributed by atoms with E-state index in [2.05, 4.69) is 27.7 Å². The summed E-state index contributed by atoms with van der Waals surface area (Å²) in [6.07, 6.45) is -0.461. The zero-order valence-corrected chi connectivity index (χ0v) is 12.0. The molecule has 2 unspecified atom stereocenters. The fourth-order valence-corrected chi connectivity index (χ4v) is 0.790. The van der Waals surface area contributed by atoms with E-state index in [0.717, 1.165) is 7.11 Å². The van der Waals surface area contributed by atoms with Crippen LogP contribution < -0.4 is 0 Å². The van der Waals surface area contributed by atoms with Crippen LogP contribution in [0.15, 0.2) is 0 Å². The van der Waals surface area contributed by atoms with Gasteiger partial charge in [0.25, 0.3) is 6.47 Å². The standard InChI is InChI=1S/C5H10O3.C5H12.CH2O2.CH4O/c6-4-1-5(7)3-8-2-4;1-5(2,3)4;2-1-3;1-2/h4-7H,1-3H2;1-4H3;1H,(H,2,3);2H,1H3. The van der Waals surface area contributed by atoms with Crippen LogP contribution in [0.25, 0.3) is 0 Å². The second-order valence-corrected chi connectivity index (χ2v) is 5.19. The van der Waals surface area contributed by atoms with E-state index in [1.165, 1.54) is 0 Å². The Bertz CT molecular complexity index is 152. The highest BCUT2D eigenvalue weighted by Crippen LogP contribution is 2.08. The first-order chi connectivity index (χ1) is 8.20. The Labute approximate surface area is 109 Å². The van der Waals surface area contributed by atoms with Crippen LogP contribution in [0, 0.1) is 5.41 Å². The monoisotopic (exact) mass is 268 g/mol. The number of hydrogen-bond acceptors (Lipinski definition) is 5. The molecule has 0 radical (unpaired) electrons. The van der Waals surface area contributed by atoms with Gasteiger partial charge in [-0.25, -0.2) is 0 Å². The molecule has 1 heterocycles. The lowest BCUT2D eigenvalue weighted by Crippen LogP contribution is -2.32. The minimum atomic E-state index is -0.459. The van der Waals surface area contributed by atoms with Gasteiger partial charge in [-0.2, -0.15) is 0 Å². The number of aliphatic hydroxyl groups is 3.